The summed E-state index contributed by atoms with van der Waals surface area (Å²) in [5.74, 6) is -1.81. The second kappa shape index (κ2) is 10.6. The van der Waals surface area contributed by atoms with Gasteiger partial charge in [0.15, 0.2) is 0 Å². The molecule has 0 aromatic heterocycles. The highest BCUT2D eigenvalue weighted by Gasteiger charge is 2.61. The van der Waals surface area contributed by atoms with Crippen molar-refractivity contribution in [3.8, 4) is 0 Å². The molecule has 3 amide bonds. The monoisotopic (exact) mass is 481 g/mol. The Balaban J connectivity index is 1.89. The van der Waals surface area contributed by atoms with E-state index in [2.05, 4.69) is 5.32 Å². The fourth-order valence-corrected chi connectivity index (χ4v) is 5.58. The zero-order valence-electron chi connectivity index (χ0n) is 20.2. The molecule has 0 radical (unpaired) electrons. The van der Waals surface area contributed by atoms with Crippen molar-refractivity contribution < 1.29 is 23.5 Å². The highest BCUT2D eigenvalue weighted by Crippen LogP contribution is 2.51. The first-order chi connectivity index (χ1) is 16.9. The van der Waals surface area contributed by atoms with E-state index in [-0.39, 0.29) is 29.7 Å². The number of nitrogens with one attached hydrogen (secondary N) is 1. The number of nitrogens with zero attached hydrogens (tertiary/aromatic N) is 2. The Hall–Kier alpha value is -3.26. The van der Waals surface area contributed by atoms with Crippen molar-refractivity contribution in [3.63, 3.8) is 0 Å². The van der Waals surface area contributed by atoms with E-state index >= 15 is 0 Å². The molecule has 2 aromatic rings. The van der Waals surface area contributed by atoms with Gasteiger partial charge in [-0.25, -0.2) is 4.39 Å². The summed E-state index contributed by atoms with van der Waals surface area (Å²) < 4.78 is 18.9. The largest absolute Gasteiger partial charge is 0.383 e. The lowest BCUT2D eigenvalue weighted by Gasteiger charge is -2.41. The zero-order valence-corrected chi connectivity index (χ0v) is 20.2. The molecular formula is C27H32FN3O4. The van der Waals surface area contributed by atoms with Gasteiger partial charge in [0, 0.05) is 32.8 Å². The van der Waals surface area contributed by atoms with Gasteiger partial charge in [-0.3, -0.25) is 14.4 Å². The number of hydrogen-bond donors (Lipinski definition) is 1. The van der Waals surface area contributed by atoms with Crippen molar-refractivity contribution in [1.29, 1.82) is 0 Å². The van der Waals surface area contributed by atoms with E-state index < -0.39 is 23.3 Å². The number of rotatable bonds is 6. The lowest BCUT2D eigenvalue weighted by Crippen LogP contribution is -2.58. The van der Waals surface area contributed by atoms with Crippen LogP contribution in [-0.4, -0.2) is 66.9 Å². The molecule has 0 bridgehead atoms. The molecule has 3 atom stereocenters. The Bertz CT molecular complexity index is 1060. The van der Waals surface area contributed by atoms with Gasteiger partial charge >= 0.3 is 0 Å². The summed E-state index contributed by atoms with van der Waals surface area (Å²) in [6.45, 7) is 1.37. The van der Waals surface area contributed by atoms with Crippen LogP contribution in [0.1, 0.15) is 47.6 Å². The predicted octanol–water partition coefficient (Wildman–Crippen LogP) is 3.17. The van der Waals surface area contributed by atoms with Crippen molar-refractivity contribution >= 4 is 17.7 Å². The number of likely N-dealkylation sites (tertiary alicyclic amines) is 2. The minimum absolute atomic E-state index is 0.158. The summed E-state index contributed by atoms with van der Waals surface area (Å²) in [7, 11) is 3.16. The van der Waals surface area contributed by atoms with Crippen molar-refractivity contribution in [2.45, 2.75) is 37.3 Å². The molecule has 35 heavy (non-hydrogen) atoms. The summed E-state index contributed by atoms with van der Waals surface area (Å²) in [6, 6.07) is 14.1. The van der Waals surface area contributed by atoms with Gasteiger partial charge in [-0.15, -0.1) is 0 Å². The molecule has 1 spiro atoms. The van der Waals surface area contributed by atoms with Gasteiger partial charge in [-0.1, -0.05) is 30.3 Å². The predicted molar refractivity (Wildman–Crippen MR) is 129 cm³/mol. The Labute approximate surface area is 205 Å². The molecule has 7 nitrogen and oxygen atoms in total. The van der Waals surface area contributed by atoms with E-state index in [9.17, 15) is 18.8 Å². The average molecular weight is 482 g/mol. The van der Waals surface area contributed by atoms with Gasteiger partial charge in [-0.2, -0.15) is 0 Å². The molecule has 0 aliphatic carbocycles. The summed E-state index contributed by atoms with van der Waals surface area (Å²) in [5.41, 5.74) is -0.119. The Kier molecular flexibility index (Phi) is 7.50. The van der Waals surface area contributed by atoms with Crippen LogP contribution in [0.3, 0.4) is 0 Å². The number of benzene rings is 2. The van der Waals surface area contributed by atoms with Crippen LogP contribution >= 0.6 is 0 Å². The molecule has 0 saturated carbocycles. The summed E-state index contributed by atoms with van der Waals surface area (Å²) in [4.78, 5) is 44.9. The minimum Gasteiger partial charge on any atom is -0.383 e. The van der Waals surface area contributed by atoms with Crippen molar-refractivity contribution in [2.75, 3.05) is 33.9 Å². The van der Waals surface area contributed by atoms with Gasteiger partial charge in [0.1, 0.15) is 11.4 Å². The molecule has 2 heterocycles. The maximum atomic E-state index is 14.2. The van der Waals surface area contributed by atoms with Crippen molar-refractivity contribution in [1.82, 2.24) is 15.1 Å². The van der Waals surface area contributed by atoms with Gasteiger partial charge in [0.2, 0.25) is 11.8 Å². The Morgan fingerprint density at radius 1 is 1.11 bits per heavy atom. The number of amides is 3. The van der Waals surface area contributed by atoms with Gasteiger partial charge in [0.25, 0.3) is 5.91 Å². The number of methoxy groups -OCH3 is 1. The van der Waals surface area contributed by atoms with E-state index in [0.29, 0.717) is 26.1 Å². The maximum absolute atomic E-state index is 14.2. The Morgan fingerprint density at radius 3 is 2.49 bits per heavy atom. The lowest BCUT2D eigenvalue weighted by molar-refractivity contribution is -0.142. The highest BCUT2D eigenvalue weighted by atomic mass is 19.1. The van der Waals surface area contributed by atoms with Crippen LogP contribution in [0.2, 0.25) is 0 Å². The van der Waals surface area contributed by atoms with Gasteiger partial charge in [0.05, 0.1) is 18.6 Å². The first kappa shape index (κ1) is 24.9. The molecule has 0 unspecified atom stereocenters. The molecular weight excluding hydrogens is 449 g/mol. The second-order valence-electron chi connectivity index (χ2n) is 9.24. The van der Waals surface area contributed by atoms with E-state index in [1.165, 1.54) is 24.3 Å². The first-order valence-electron chi connectivity index (χ1n) is 12.1. The number of carbonyl (C=O) groups excluding carboxylic acids is 3. The van der Waals surface area contributed by atoms with E-state index in [0.717, 1.165) is 18.4 Å². The smallest absolute Gasteiger partial charge is 0.255 e. The minimum atomic E-state index is -1.19. The maximum Gasteiger partial charge on any atom is 0.255 e. The highest BCUT2D eigenvalue weighted by molar-refractivity contribution is 6.01. The quantitative estimate of drug-likeness (QED) is 0.688. The fourth-order valence-electron chi connectivity index (χ4n) is 5.58. The van der Waals surface area contributed by atoms with Crippen molar-refractivity contribution in [3.05, 3.63) is 71.5 Å². The summed E-state index contributed by atoms with van der Waals surface area (Å²) >= 11 is 0. The van der Waals surface area contributed by atoms with Gasteiger partial charge in [-0.05, 0) is 55.5 Å². The van der Waals surface area contributed by atoms with Crippen LogP contribution in [0.15, 0.2) is 54.6 Å². The number of halogens is 1. The average Bonchev–Trinajstić information content (AvgIpc) is 3.15. The van der Waals surface area contributed by atoms with E-state index in [1.807, 2.05) is 30.3 Å². The molecule has 2 saturated heterocycles. The molecule has 4 rings (SSSR count). The van der Waals surface area contributed by atoms with Crippen molar-refractivity contribution in [2.24, 2.45) is 5.92 Å². The molecule has 2 fully saturated rings. The van der Waals surface area contributed by atoms with Gasteiger partial charge < -0.3 is 19.9 Å². The lowest BCUT2D eigenvalue weighted by atomic mass is 9.85. The van der Waals surface area contributed by atoms with Crippen LogP contribution < -0.4 is 5.32 Å². The summed E-state index contributed by atoms with van der Waals surface area (Å²) in [6.07, 6.45) is 2.22. The van der Waals surface area contributed by atoms with Crippen LogP contribution in [-0.2, 0) is 14.3 Å². The van der Waals surface area contributed by atoms with E-state index in [4.69, 9.17) is 4.74 Å². The molecule has 2 aliphatic heterocycles. The SMILES string of the molecule is CNC(=O)[C@H]1C[C@]2(CCCCN(CCOC)C2=O)N(C(=O)c2ccc(F)cc2)[C@H]1c1ccccc1. The molecule has 186 valence electrons. The molecule has 2 aromatic carbocycles. The Morgan fingerprint density at radius 2 is 1.83 bits per heavy atom. The molecule has 8 heteroatoms. The van der Waals surface area contributed by atoms with E-state index in [1.54, 1.807) is 24.0 Å². The zero-order chi connectivity index (χ0) is 25.0. The molecule has 2 aliphatic rings. The first-order valence-corrected chi connectivity index (χ1v) is 12.1. The third kappa shape index (κ3) is 4.67. The van der Waals surface area contributed by atoms with Crippen LogP contribution in [0.5, 0.6) is 0 Å². The summed E-state index contributed by atoms with van der Waals surface area (Å²) in [5, 5.41) is 2.74. The number of hydrogen-bond acceptors (Lipinski definition) is 4. The van der Waals surface area contributed by atoms with Crippen LogP contribution in [0, 0.1) is 11.7 Å². The normalized spacial score (nSPS) is 24.5. The third-order valence-corrected chi connectivity index (χ3v) is 7.23. The fraction of sp³-hybridized carbons (Fsp3) is 0.444. The van der Waals surface area contributed by atoms with Crippen LogP contribution in [0.4, 0.5) is 4.39 Å². The number of carbonyl (C=O) groups is 3. The molecule has 1 N–H and O–H groups in total. The number of ether oxygens (including phenoxy) is 1. The standard InChI is InChI=1S/C27H32FN3O4/c1-29-24(32)22-18-27(14-6-7-15-30(26(27)34)16-17-35-2)31(23(22)19-8-4-3-5-9-19)25(33)20-10-12-21(28)13-11-20/h3-5,8-13,22-23H,6-7,14-18H2,1-2H3,(H,29,32)/t22-,23-,27-/m0/s1. The second-order valence-corrected chi connectivity index (χ2v) is 9.24. The third-order valence-electron chi connectivity index (χ3n) is 7.23. The topological polar surface area (TPSA) is 79.0 Å². The van der Waals surface area contributed by atoms with Crippen LogP contribution in [0.25, 0.3) is 0 Å².